The Bertz CT molecular complexity index is 394. The molecule has 0 N–H and O–H groups in total. The Morgan fingerprint density at radius 2 is 1.50 bits per heavy atom. The first-order chi connectivity index (χ1) is 6.39. The Morgan fingerprint density at radius 3 is 2.07 bits per heavy atom. The SMILES string of the molecule is C=C1c2ccccc2C(C)(C)C1(C)C. The molecule has 0 spiro atoms. The lowest BCUT2D eigenvalue weighted by molar-refractivity contribution is 0.300. The van der Waals surface area contributed by atoms with Gasteiger partial charge in [0.2, 0.25) is 0 Å². The van der Waals surface area contributed by atoms with Crippen molar-refractivity contribution in [3.63, 3.8) is 0 Å². The molecule has 0 bridgehead atoms. The summed E-state index contributed by atoms with van der Waals surface area (Å²) >= 11 is 0. The Balaban J connectivity index is 2.74. The van der Waals surface area contributed by atoms with E-state index in [0.29, 0.717) is 0 Å². The van der Waals surface area contributed by atoms with E-state index in [1.165, 1.54) is 16.7 Å². The van der Waals surface area contributed by atoms with Crippen molar-refractivity contribution < 1.29 is 0 Å². The average molecular weight is 186 g/mol. The molecule has 1 aromatic rings. The molecule has 0 heteroatoms. The van der Waals surface area contributed by atoms with E-state index in [1.807, 2.05) is 0 Å². The Kier molecular flexibility index (Phi) is 1.70. The monoisotopic (exact) mass is 186 g/mol. The van der Waals surface area contributed by atoms with Crippen molar-refractivity contribution in [2.75, 3.05) is 0 Å². The highest BCUT2D eigenvalue weighted by atomic mass is 14.5. The summed E-state index contributed by atoms with van der Waals surface area (Å²) in [5.41, 5.74) is 4.42. The number of allylic oxidation sites excluding steroid dienone is 1. The lowest BCUT2D eigenvalue weighted by atomic mass is 9.67. The highest BCUT2D eigenvalue weighted by Gasteiger charge is 2.47. The predicted octanol–water partition coefficient (Wildman–Crippen LogP) is 4.02. The molecule has 74 valence electrons. The van der Waals surface area contributed by atoms with Crippen molar-refractivity contribution in [1.29, 1.82) is 0 Å². The van der Waals surface area contributed by atoms with Crippen LogP contribution in [0.25, 0.3) is 5.57 Å². The van der Waals surface area contributed by atoms with E-state index in [1.54, 1.807) is 0 Å². The van der Waals surface area contributed by atoms with Gasteiger partial charge in [0.25, 0.3) is 0 Å². The van der Waals surface area contributed by atoms with Crippen LogP contribution in [-0.2, 0) is 5.41 Å². The number of hydrogen-bond donors (Lipinski definition) is 0. The second-order valence-corrected chi connectivity index (χ2v) is 5.27. The van der Waals surface area contributed by atoms with E-state index < -0.39 is 0 Å². The van der Waals surface area contributed by atoms with Crippen molar-refractivity contribution >= 4 is 5.57 Å². The maximum absolute atomic E-state index is 4.24. The van der Waals surface area contributed by atoms with Gasteiger partial charge in [0.05, 0.1) is 0 Å². The summed E-state index contributed by atoms with van der Waals surface area (Å²) in [7, 11) is 0. The summed E-state index contributed by atoms with van der Waals surface area (Å²) in [5, 5.41) is 0. The largest absolute Gasteiger partial charge is 0.0946 e. The molecule has 1 aromatic carbocycles. The molecule has 0 atom stereocenters. The van der Waals surface area contributed by atoms with Crippen LogP contribution in [0.4, 0.5) is 0 Å². The molecule has 0 saturated carbocycles. The van der Waals surface area contributed by atoms with Gasteiger partial charge in [0, 0.05) is 0 Å². The first kappa shape index (κ1) is 9.51. The van der Waals surface area contributed by atoms with Gasteiger partial charge in [-0.15, -0.1) is 0 Å². The third-order valence-corrected chi connectivity index (χ3v) is 4.24. The van der Waals surface area contributed by atoms with Crippen LogP contribution in [0.1, 0.15) is 38.8 Å². The Hall–Kier alpha value is -1.04. The topological polar surface area (TPSA) is 0 Å². The fraction of sp³-hybridized carbons (Fsp3) is 0.429. The predicted molar refractivity (Wildman–Crippen MR) is 62.3 cm³/mol. The van der Waals surface area contributed by atoms with Crippen LogP contribution < -0.4 is 0 Å². The summed E-state index contributed by atoms with van der Waals surface area (Å²) in [6, 6.07) is 8.64. The van der Waals surface area contributed by atoms with Gasteiger partial charge in [0.15, 0.2) is 0 Å². The van der Waals surface area contributed by atoms with Gasteiger partial charge in [-0.25, -0.2) is 0 Å². The number of rotatable bonds is 0. The minimum Gasteiger partial charge on any atom is -0.0946 e. The van der Waals surface area contributed by atoms with Gasteiger partial charge < -0.3 is 0 Å². The molecule has 14 heavy (non-hydrogen) atoms. The van der Waals surface area contributed by atoms with E-state index >= 15 is 0 Å². The lowest BCUT2D eigenvalue weighted by Gasteiger charge is -2.36. The van der Waals surface area contributed by atoms with Gasteiger partial charge >= 0.3 is 0 Å². The molecule has 0 aromatic heterocycles. The van der Waals surface area contributed by atoms with Gasteiger partial charge in [-0.1, -0.05) is 58.5 Å². The highest BCUT2D eigenvalue weighted by molar-refractivity contribution is 5.78. The van der Waals surface area contributed by atoms with Crippen LogP contribution in [0.2, 0.25) is 0 Å². The minimum absolute atomic E-state index is 0.163. The van der Waals surface area contributed by atoms with Crippen molar-refractivity contribution in [3.8, 4) is 0 Å². The van der Waals surface area contributed by atoms with E-state index in [-0.39, 0.29) is 10.8 Å². The maximum atomic E-state index is 4.24. The Morgan fingerprint density at radius 1 is 0.929 bits per heavy atom. The number of benzene rings is 1. The zero-order chi connectivity index (χ0) is 10.6. The van der Waals surface area contributed by atoms with Crippen LogP contribution >= 0.6 is 0 Å². The van der Waals surface area contributed by atoms with Crippen molar-refractivity contribution in [3.05, 3.63) is 42.0 Å². The zero-order valence-corrected chi connectivity index (χ0v) is 9.52. The molecule has 0 nitrogen and oxygen atoms in total. The highest BCUT2D eigenvalue weighted by Crippen LogP contribution is 2.56. The second kappa shape index (κ2) is 2.50. The van der Waals surface area contributed by atoms with Crippen LogP contribution in [0, 0.1) is 5.41 Å². The van der Waals surface area contributed by atoms with Crippen molar-refractivity contribution in [2.24, 2.45) is 5.41 Å². The molecule has 1 aliphatic carbocycles. The van der Waals surface area contributed by atoms with E-state index in [0.717, 1.165) is 0 Å². The summed E-state index contributed by atoms with van der Waals surface area (Å²) in [6.45, 7) is 13.4. The van der Waals surface area contributed by atoms with Crippen molar-refractivity contribution in [1.82, 2.24) is 0 Å². The zero-order valence-electron chi connectivity index (χ0n) is 9.52. The summed E-state index contributed by atoms with van der Waals surface area (Å²) in [4.78, 5) is 0. The van der Waals surface area contributed by atoms with Gasteiger partial charge in [-0.3, -0.25) is 0 Å². The molecule has 0 fully saturated rings. The van der Waals surface area contributed by atoms with Crippen LogP contribution in [0.5, 0.6) is 0 Å². The molecule has 0 saturated heterocycles. The molecule has 0 aliphatic heterocycles. The number of fused-ring (bicyclic) bond motifs is 1. The van der Waals surface area contributed by atoms with Crippen molar-refractivity contribution in [2.45, 2.75) is 33.1 Å². The normalized spacial score (nSPS) is 22.1. The smallest absolute Gasteiger partial charge is 0.000602 e. The van der Waals surface area contributed by atoms with E-state index in [9.17, 15) is 0 Å². The molecule has 2 rings (SSSR count). The summed E-state index contributed by atoms with van der Waals surface area (Å²) in [5.74, 6) is 0. The molecule has 0 amide bonds. The average Bonchev–Trinajstić information content (AvgIpc) is 2.27. The lowest BCUT2D eigenvalue weighted by Crippen LogP contribution is -2.31. The third kappa shape index (κ3) is 0.890. The van der Waals surface area contributed by atoms with Crippen LogP contribution in [-0.4, -0.2) is 0 Å². The second-order valence-electron chi connectivity index (χ2n) is 5.27. The molecular formula is C14H18. The fourth-order valence-corrected chi connectivity index (χ4v) is 2.34. The molecule has 0 unspecified atom stereocenters. The number of hydrogen-bond acceptors (Lipinski definition) is 0. The standard InChI is InChI=1S/C14H18/c1-10-11-8-6-7-9-12(11)14(4,5)13(10,2)3/h6-9H,1H2,2-5H3. The van der Waals surface area contributed by atoms with Gasteiger partial charge in [0.1, 0.15) is 0 Å². The van der Waals surface area contributed by atoms with Crippen LogP contribution in [0.3, 0.4) is 0 Å². The quantitative estimate of drug-likeness (QED) is 0.574. The molecular weight excluding hydrogens is 168 g/mol. The molecule has 0 heterocycles. The first-order valence-electron chi connectivity index (χ1n) is 5.18. The summed E-state index contributed by atoms with van der Waals surface area (Å²) < 4.78 is 0. The van der Waals surface area contributed by atoms with Crippen LogP contribution in [0.15, 0.2) is 30.8 Å². The maximum Gasteiger partial charge on any atom is -0.000602 e. The van der Waals surface area contributed by atoms with E-state index in [2.05, 4.69) is 58.5 Å². The fourth-order valence-electron chi connectivity index (χ4n) is 2.34. The molecule has 1 aliphatic rings. The van der Waals surface area contributed by atoms with E-state index in [4.69, 9.17) is 0 Å². The minimum atomic E-state index is 0.163. The summed E-state index contributed by atoms with van der Waals surface area (Å²) in [6.07, 6.45) is 0. The van der Waals surface area contributed by atoms with Gasteiger partial charge in [-0.05, 0) is 27.5 Å². The third-order valence-electron chi connectivity index (χ3n) is 4.24. The molecule has 0 radical (unpaired) electrons. The first-order valence-corrected chi connectivity index (χ1v) is 5.18. The Labute approximate surface area is 86.7 Å². The van der Waals surface area contributed by atoms with Gasteiger partial charge in [-0.2, -0.15) is 0 Å².